The average molecular weight is 465 g/mol. The van der Waals surface area contributed by atoms with Crippen LogP contribution in [-0.2, 0) is 20.9 Å². The van der Waals surface area contributed by atoms with Gasteiger partial charge in [-0.25, -0.2) is 0 Å². The van der Waals surface area contributed by atoms with Crippen molar-refractivity contribution in [2.24, 2.45) is 11.8 Å². The molecule has 0 aliphatic heterocycles. The second kappa shape index (κ2) is 8.84. The van der Waals surface area contributed by atoms with E-state index >= 15 is 0 Å². The Morgan fingerprint density at radius 1 is 0.767 bits per heavy atom. The molecule has 3 aromatic rings. The summed E-state index contributed by atoms with van der Waals surface area (Å²) in [5.41, 5.74) is 2.58. The van der Waals surface area contributed by atoms with E-state index in [4.69, 9.17) is 4.74 Å². The van der Waals surface area contributed by atoms with Crippen LogP contribution < -0.4 is 0 Å². The van der Waals surface area contributed by atoms with Crippen LogP contribution in [0.4, 0.5) is 0 Å². The van der Waals surface area contributed by atoms with Crippen LogP contribution in [0.15, 0.2) is 89.4 Å². The minimum absolute atomic E-state index is 0.156. The predicted octanol–water partition coefficient (Wildman–Crippen LogP) is 5.39. The van der Waals surface area contributed by atoms with E-state index in [2.05, 4.69) is 15.9 Å². The van der Waals surface area contributed by atoms with Crippen molar-refractivity contribution >= 4 is 27.9 Å². The molecule has 0 bridgehead atoms. The first-order chi connectivity index (χ1) is 14.6. The molecule has 0 saturated heterocycles. The highest BCUT2D eigenvalue weighted by Crippen LogP contribution is 2.58. The van der Waals surface area contributed by atoms with E-state index in [1.165, 1.54) is 0 Å². The van der Waals surface area contributed by atoms with E-state index in [1.807, 2.05) is 84.9 Å². The largest absolute Gasteiger partial charge is 0.481 e. The number of ether oxygens (including phenoxy) is 1. The lowest BCUT2D eigenvalue weighted by Gasteiger charge is -2.49. The summed E-state index contributed by atoms with van der Waals surface area (Å²) < 4.78 is 6.61. The van der Waals surface area contributed by atoms with Gasteiger partial charge < -0.3 is 9.84 Å². The molecule has 4 nitrogen and oxygen atoms in total. The lowest BCUT2D eigenvalue weighted by atomic mass is 9.52. The standard InChI is InChI=1S/C25H21BrO4/c26-19-13-11-16(12-14-19)15-30-25(29)23-20(17-7-3-1-4-8-17)22(24(27)28)21(23)18-9-5-2-6-10-18/h1-14,20-23H,15H2,(H,27,28)/t20-,21-,22-,23-/m0/s1. The predicted molar refractivity (Wildman–Crippen MR) is 117 cm³/mol. The third-order valence-electron chi connectivity index (χ3n) is 5.77. The number of hydrogen-bond donors (Lipinski definition) is 1. The Labute approximate surface area is 183 Å². The van der Waals surface area contributed by atoms with Gasteiger partial charge in [0.2, 0.25) is 0 Å². The quantitative estimate of drug-likeness (QED) is 0.496. The zero-order chi connectivity index (χ0) is 21.1. The van der Waals surface area contributed by atoms with Crippen LogP contribution in [0.3, 0.4) is 0 Å². The van der Waals surface area contributed by atoms with Crippen LogP contribution in [0.5, 0.6) is 0 Å². The van der Waals surface area contributed by atoms with E-state index in [-0.39, 0.29) is 12.6 Å². The Bertz CT molecular complexity index is 971. The number of rotatable bonds is 6. The van der Waals surface area contributed by atoms with Gasteiger partial charge in [0.1, 0.15) is 6.61 Å². The van der Waals surface area contributed by atoms with Gasteiger partial charge in [-0.15, -0.1) is 0 Å². The molecule has 152 valence electrons. The first-order valence-corrected chi connectivity index (χ1v) is 10.6. The van der Waals surface area contributed by atoms with E-state index in [1.54, 1.807) is 0 Å². The third kappa shape index (κ3) is 4.03. The number of carboxylic acids is 1. The number of carbonyl (C=O) groups is 2. The van der Waals surface area contributed by atoms with Crippen molar-refractivity contribution in [1.29, 1.82) is 0 Å². The Kier molecular flexibility index (Phi) is 6.00. The highest BCUT2D eigenvalue weighted by Gasteiger charge is 2.59. The van der Waals surface area contributed by atoms with Crippen molar-refractivity contribution in [2.45, 2.75) is 18.4 Å². The van der Waals surface area contributed by atoms with Crippen LogP contribution in [0.2, 0.25) is 0 Å². The van der Waals surface area contributed by atoms with Crippen molar-refractivity contribution in [1.82, 2.24) is 0 Å². The van der Waals surface area contributed by atoms with Crippen LogP contribution in [0.25, 0.3) is 0 Å². The fraction of sp³-hybridized carbons (Fsp3) is 0.200. The maximum atomic E-state index is 13.2. The van der Waals surface area contributed by atoms with Gasteiger partial charge in [-0.05, 0) is 28.8 Å². The number of hydrogen-bond acceptors (Lipinski definition) is 3. The summed E-state index contributed by atoms with van der Waals surface area (Å²) in [6, 6.07) is 26.4. The molecule has 30 heavy (non-hydrogen) atoms. The Morgan fingerprint density at radius 3 is 1.73 bits per heavy atom. The molecule has 0 spiro atoms. The van der Waals surface area contributed by atoms with Gasteiger partial charge in [-0.1, -0.05) is 88.7 Å². The van der Waals surface area contributed by atoms with E-state index in [0.29, 0.717) is 0 Å². The fourth-order valence-electron chi connectivity index (χ4n) is 4.36. The summed E-state index contributed by atoms with van der Waals surface area (Å²) in [5.74, 6) is -3.34. The number of carbonyl (C=O) groups excluding carboxylic acids is 1. The Hall–Kier alpha value is -2.92. The zero-order valence-corrected chi connectivity index (χ0v) is 17.7. The molecule has 0 heterocycles. The molecule has 0 unspecified atom stereocenters. The summed E-state index contributed by atoms with van der Waals surface area (Å²) in [4.78, 5) is 25.3. The molecule has 1 N–H and O–H groups in total. The Morgan fingerprint density at radius 2 is 1.27 bits per heavy atom. The molecular weight excluding hydrogens is 444 g/mol. The highest BCUT2D eigenvalue weighted by molar-refractivity contribution is 9.10. The topological polar surface area (TPSA) is 63.6 Å². The molecule has 1 aliphatic rings. The van der Waals surface area contributed by atoms with Gasteiger partial charge in [-0.2, -0.15) is 0 Å². The molecule has 3 aromatic carbocycles. The molecule has 5 heteroatoms. The molecule has 0 radical (unpaired) electrons. The lowest BCUT2D eigenvalue weighted by molar-refractivity contribution is -0.165. The van der Waals surface area contributed by atoms with Crippen molar-refractivity contribution in [3.63, 3.8) is 0 Å². The maximum Gasteiger partial charge on any atom is 0.310 e. The minimum Gasteiger partial charge on any atom is -0.481 e. The normalized spacial score (nSPS) is 22.7. The van der Waals surface area contributed by atoms with Gasteiger partial charge in [0.15, 0.2) is 0 Å². The first-order valence-electron chi connectivity index (χ1n) is 9.80. The van der Waals surface area contributed by atoms with Gasteiger partial charge in [0.25, 0.3) is 0 Å². The SMILES string of the molecule is O=C(O)[C@H]1[C@H](c2ccccc2)[C@H](C(=O)OCc2ccc(Br)cc2)[C@H]1c1ccccc1. The Balaban J connectivity index is 1.63. The van der Waals surface area contributed by atoms with Gasteiger partial charge in [0, 0.05) is 16.3 Å². The summed E-state index contributed by atoms with van der Waals surface area (Å²) in [7, 11) is 0. The second-order valence-electron chi connectivity index (χ2n) is 7.50. The summed E-state index contributed by atoms with van der Waals surface area (Å²) >= 11 is 3.39. The van der Waals surface area contributed by atoms with Crippen LogP contribution >= 0.6 is 15.9 Å². The second-order valence-corrected chi connectivity index (χ2v) is 8.41. The number of carboxylic acid groups (broad SMARTS) is 1. The lowest BCUT2D eigenvalue weighted by Crippen LogP contribution is -2.51. The zero-order valence-electron chi connectivity index (χ0n) is 16.1. The van der Waals surface area contributed by atoms with E-state index in [9.17, 15) is 14.7 Å². The van der Waals surface area contributed by atoms with E-state index in [0.717, 1.165) is 21.2 Å². The number of esters is 1. The van der Waals surface area contributed by atoms with Crippen molar-refractivity contribution in [3.05, 3.63) is 106 Å². The molecule has 0 aromatic heterocycles. The summed E-state index contributed by atoms with van der Waals surface area (Å²) in [6.45, 7) is 0.156. The van der Waals surface area contributed by atoms with Crippen molar-refractivity contribution < 1.29 is 19.4 Å². The number of aliphatic carboxylic acids is 1. The molecule has 1 saturated carbocycles. The number of benzene rings is 3. The van der Waals surface area contributed by atoms with E-state index < -0.39 is 29.6 Å². The van der Waals surface area contributed by atoms with Gasteiger partial charge in [0.05, 0.1) is 11.8 Å². The fourth-order valence-corrected chi connectivity index (χ4v) is 4.62. The monoisotopic (exact) mass is 464 g/mol. The molecular formula is C25H21BrO4. The summed E-state index contributed by atoms with van der Waals surface area (Å²) in [5, 5.41) is 9.97. The molecule has 2 atom stereocenters. The smallest absolute Gasteiger partial charge is 0.310 e. The highest BCUT2D eigenvalue weighted by atomic mass is 79.9. The van der Waals surface area contributed by atoms with Crippen molar-refractivity contribution in [2.75, 3.05) is 0 Å². The molecule has 4 rings (SSSR count). The minimum atomic E-state index is -0.894. The summed E-state index contributed by atoms with van der Waals surface area (Å²) in [6.07, 6.45) is 0. The first kappa shape index (κ1) is 20.4. The van der Waals surface area contributed by atoms with Gasteiger partial charge >= 0.3 is 11.9 Å². The van der Waals surface area contributed by atoms with Crippen LogP contribution in [-0.4, -0.2) is 17.0 Å². The average Bonchev–Trinajstić information content (AvgIpc) is 2.74. The van der Waals surface area contributed by atoms with Gasteiger partial charge in [-0.3, -0.25) is 9.59 Å². The van der Waals surface area contributed by atoms with Crippen molar-refractivity contribution in [3.8, 4) is 0 Å². The number of halogens is 1. The molecule has 1 fully saturated rings. The molecule has 1 aliphatic carbocycles. The van der Waals surface area contributed by atoms with Crippen LogP contribution in [0.1, 0.15) is 28.5 Å². The van der Waals surface area contributed by atoms with Crippen LogP contribution in [0, 0.1) is 11.8 Å². The maximum absolute atomic E-state index is 13.2. The molecule has 0 amide bonds. The third-order valence-corrected chi connectivity index (χ3v) is 6.30.